The first-order valence-electron chi connectivity index (χ1n) is 10.4. The van der Waals surface area contributed by atoms with E-state index >= 15 is 0 Å². The van der Waals surface area contributed by atoms with Crippen molar-refractivity contribution in [2.75, 3.05) is 19.0 Å². The van der Waals surface area contributed by atoms with Crippen LogP contribution in [0.15, 0.2) is 57.3 Å². The minimum Gasteiger partial charge on any atom is -0.503 e. The standard InChI is InChI=1S/C23H22BrClN4O4S/c1-4-33-21(31)18-12(2)26-22-27-23(34-11-13-7-5-6-8-16(13)25)28-29(22)19(18)14-9-15(24)20(30)17(10-14)32-3/h5-10,19,30H,4,11H2,1-3H3,(H,26,27,28). The minimum atomic E-state index is -0.650. The Balaban J connectivity index is 1.77. The van der Waals surface area contributed by atoms with Gasteiger partial charge in [0.1, 0.15) is 6.04 Å². The van der Waals surface area contributed by atoms with Gasteiger partial charge in [0.25, 0.3) is 0 Å². The van der Waals surface area contributed by atoms with E-state index in [0.717, 1.165) is 5.56 Å². The van der Waals surface area contributed by atoms with Gasteiger partial charge in [0.2, 0.25) is 11.1 Å². The summed E-state index contributed by atoms with van der Waals surface area (Å²) in [5.41, 5.74) is 2.63. The summed E-state index contributed by atoms with van der Waals surface area (Å²) >= 11 is 11.1. The number of esters is 1. The molecule has 4 rings (SSSR count). The molecule has 0 fully saturated rings. The molecule has 0 bridgehead atoms. The molecular formula is C23H22BrClN4O4S. The first kappa shape index (κ1) is 24.4. The van der Waals surface area contributed by atoms with Crippen LogP contribution in [0.5, 0.6) is 11.5 Å². The van der Waals surface area contributed by atoms with Gasteiger partial charge in [-0.2, -0.15) is 4.98 Å². The van der Waals surface area contributed by atoms with E-state index in [2.05, 4.69) is 26.2 Å². The highest BCUT2D eigenvalue weighted by Crippen LogP contribution is 2.42. The molecule has 1 aliphatic rings. The number of hydrogen-bond acceptors (Lipinski definition) is 8. The molecule has 1 atom stereocenters. The second kappa shape index (κ2) is 10.3. The number of ether oxygens (including phenoxy) is 2. The molecule has 0 radical (unpaired) electrons. The molecule has 11 heteroatoms. The van der Waals surface area contributed by atoms with Gasteiger partial charge in [0, 0.05) is 16.5 Å². The molecule has 3 aromatic rings. The molecule has 0 saturated heterocycles. The van der Waals surface area contributed by atoms with Crippen LogP contribution in [0.25, 0.3) is 0 Å². The van der Waals surface area contributed by atoms with E-state index in [-0.39, 0.29) is 18.1 Å². The normalized spacial score (nSPS) is 15.0. The van der Waals surface area contributed by atoms with Crippen LogP contribution in [0.4, 0.5) is 5.95 Å². The Morgan fingerprint density at radius 2 is 2.12 bits per heavy atom. The van der Waals surface area contributed by atoms with Crippen molar-refractivity contribution < 1.29 is 19.4 Å². The maximum atomic E-state index is 13.0. The molecule has 2 heterocycles. The topological polar surface area (TPSA) is 98.5 Å². The number of halogens is 2. The summed E-state index contributed by atoms with van der Waals surface area (Å²) in [6, 6.07) is 10.4. The highest BCUT2D eigenvalue weighted by atomic mass is 79.9. The fourth-order valence-electron chi connectivity index (χ4n) is 3.64. The molecule has 2 N–H and O–H groups in total. The number of nitrogens with zero attached hydrogens (tertiary/aromatic N) is 3. The highest BCUT2D eigenvalue weighted by Gasteiger charge is 2.36. The van der Waals surface area contributed by atoms with Crippen molar-refractivity contribution in [1.29, 1.82) is 0 Å². The predicted molar refractivity (Wildman–Crippen MR) is 134 cm³/mol. The van der Waals surface area contributed by atoms with Crippen LogP contribution in [-0.2, 0) is 15.3 Å². The van der Waals surface area contributed by atoms with Crippen molar-refractivity contribution in [3.05, 3.63) is 68.3 Å². The van der Waals surface area contributed by atoms with Crippen molar-refractivity contribution >= 4 is 51.2 Å². The zero-order valence-electron chi connectivity index (χ0n) is 18.6. The molecule has 0 aliphatic carbocycles. The lowest BCUT2D eigenvalue weighted by molar-refractivity contribution is -0.139. The van der Waals surface area contributed by atoms with Crippen LogP contribution < -0.4 is 10.1 Å². The van der Waals surface area contributed by atoms with Crippen LogP contribution in [0, 0.1) is 0 Å². The van der Waals surface area contributed by atoms with Gasteiger partial charge >= 0.3 is 5.97 Å². The number of phenolic OH excluding ortho intramolecular Hbond substituents is 1. The number of rotatable bonds is 7. The smallest absolute Gasteiger partial charge is 0.338 e. The number of methoxy groups -OCH3 is 1. The first-order valence-corrected chi connectivity index (χ1v) is 12.5. The van der Waals surface area contributed by atoms with Crippen molar-refractivity contribution in [2.45, 2.75) is 30.8 Å². The molecule has 178 valence electrons. The molecule has 0 saturated carbocycles. The molecule has 34 heavy (non-hydrogen) atoms. The van der Waals surface area contributed by atoms with Crippen molar-refractivity contribution in [2.24, 2.45) is 0 Å². The summed E-state index contributed by atoms with van der Waals surface area (Å²) in [7, 11) is 1.46. The van der Waals surface area contributed by atoms with E-state index in [1.54, 1.807) is 30.7 Å². The van der Waals surface area contributed by atoms with Crippen LogP contribution in [0.1, 0.15) is 31.0 Å². The fraction of sp³-hybridized carbons (Fsp3) is 0.261. The Morgan fingerprint density at radius 3 is 2.82 bits per heavy atom. The van der Waals surface area contributed by atoms with E-state index in [0.29, 0.717) is 43.2 Å². The number of phenols is 1. The lowest BCUT2D eigenvalue weighted by Crippen LogP contribution is -2.29. The number of fused-ring (bicyclic) bond motifs is 1. The van der Waals surface area contributed by atoms with Crippen LogP contribution in [0.3, 0.4) is 0 Å². The summed E-state index contributed by atoms with van der Waals surface area (Å²) in [5, 5.41) is 19.4. The number of aromatic nitrogens is 3. The first-order chi connectivity index (χ1) is 16.3. The van der Waals surface area contributed by atoms with Gasteiger partial charge in [-0.25, -0.2) is 9.48 Å². The Hall–Kier alpha value is -2.69. The lowest BCUT2D eigenvalue weighted by atomic mass is 9.95. The molecule has 0 spiro atoms. The number of carbonyl (C=O) groups excluding carboxylic acids is 1. The second-order valence-electron chi connectivity index (χ2n) is 7.38. The SMILES string of the molecule is CCOC(=O)C1=C(C)Nc2nc(SCc3ccccc3Cl)nn2C1c1cc(Br)c(O)c(OC)c1. The third kappa shape index (κ3) is 4.75. The van der Waals surface area contributed by atoms with Gasteiger partial charge in [-0.15, -0.1) is 5.10 Å². The molecule has 8 nitrogen and oxygen atoms in total. The number of anilines is 1. The van der Waals surface area contributed by atoms with Gasteiger partial charge in [-0.1, -0.05) is 41.6 Å². The summed E-state index contributed by atoms with van der Waals surface area (Å²) in [6.45, 7) is 3.78. The number of nitrogens with one attached hydrogen (secondary N) is 1. The van der Waals surface area contributed by atoms with E-state index in [1.165, 1.54) is 18.9 Å². The summed E-state index contributed by atoms with van der Waals surface area (Å²) in [5.74, 6) is 0.836. The van der Waals surface area contributed by atoms with Crippen LogP contribution >= 0.6 is 39.3 Å². The van der Waals surface area contributed by atoms with E-state index in [4.69, 9.17) is 26.2 Å². The molecule has 1 aromatic heterocycles. The summed E-state index contributed by atoms with van der Waals surface area (Å²) in [6.07, 6.45) is 0. The van der Waals surface area contributed by atoms with Gasteiger partial charge in [0.05, 0.1) is 23.8 Å². The Morgan fingerprint density at radius 1 is 1.35 bits per heavy atom. The zero-order valence-corrected chi connectivity index (χ0v) is 21.8. The Labute approximate surface area is 214 Å². The zero-order chi connectivity index (χ0) is 24.4. The number of hydrogen-bond donors (Lipinski definition) is 2. The minimum absolute atomic E-state index is 0.0339. The van der Waals surface area contributed by atoms with E-state index in [9.17, 15) is 9.90 Å². The van der Waals surface area contributed by atoms with Gasteiger partial charge < -0.3 is 19.9 Å². The summed E-state index contributed by atoms with van der Waals surface area (Å²) < 4.78 is 12.7. The third-order valence-electron chi connectivity index (χ3n) is 5.23. The van der Waals surface area contributed by atoms with Crippen molar-refractivity contribution in [3.8, 4) is 11.5 Å². The second-order valence-corrected chi connectivity index (χ2v) is 9.59. The molecule has 1 unspecified atom stereocenters. The van der Waals surface area contributed by atoms with Crippen molar-refractivity contribution in [3.63, 3.8) is 0 Å². The number of thioether (sulfide) groups is 1. The van der Waals surface area contributed by atoms with Gasteiger partial charge in [0.15, 0.2) is 11.5 Å². The largest absolute Gasteiger partial charge is 0.503 e. The van der Waals surface area contributed by atoms with Gasteiger partial charge in [-0.05, 0) is 59.1 Å². The quantitative estimate of drug-likeness (QED) is 0.284. The Kier molecular flexibility index (Phi) is 7.39. The molecular weight excluding hydrogens is 544 g/mol. The lowest BCUT2D eigenvalue weighted by Gasteiger charge is -2.28. The number of aromatic hydroxyl groups is 1. The van der Waals surface area contributed by atoms with Crippen molar-refractivity contribution in [1.82, 2.24) is 14.8 Å². The molecule has 1 aliphatic heterocycles. The maximum absolute atomic E-state index is 13.0. The maximum Gasteiger partial charge on any atom is 0.338 e. The summed E-state index contributed by atoms with van der Waals surface area (Å²) in [4.78, 5) is 17.6. The third-order valence-corrected chi connectivity index (χ3v) is 7.09. The number of allylic oxidation sites excluding steroid dienone is 1. The highest BCUT2D eigenvalue weighted by molar-refractivity contribution is 9.10. The fourth-order valence-corrected chi connectivity index (χ4v) is 5.21. The monoisotopic (exact) mass is 564 g/mol. The number of carbonyl (C=O) groups is 1. The van der Waals surface area contributed by atoms with E-state index < -0.39 is 12.0 Å². The Bertz CT molecular complexity index is 1280. The van der Waals surface area contributed by atoms with Crippen LogP contribution in [0.2, 0.25) is 5.02 Å². The molecule has 2 aromatic carbocycles. The molecule has 0 amide bonds. The van der Waals surface area contributed by atoms with E-state index in [1.807, 2.05) is 24.3 Å². The number of benzene rings is 2. The average Bonchev–Trinajstić information content (AvgIpc) is 3.21. The van der Waals surface area contributed by atoms with Gasteiger partial charge in [-0.3, -0.25) is 0 Å². The average molecular weight is 566 g/mol. The van der Waals surface area contributed by atoms with Crippen LogP contribution in [-0.4, -0.2) is 39.6 Å². The predicted octanol–water partition coefficient (Wildman–Crippen LogP) is 5.55.